The second kappa shape index (κ2) is 4.33. The van der Waals surface area contributed by atoms with Gasteiger partial charge in [0.05, 0.1) is 12.1 Å². The van der Waals surface area contributed by atoms with E-state index in [1.807, 2.05) is 12.1 Å². The molecule has 0 bridgehead atoms. The zero-order valence-electron chi connectivity index (χ0n) is 9.40. The Morgan fingerprint density at radius 2 is 2.13 bits per heavy atom. The van der Waals surface area contributed by atoms with Crippen LogP contribution in [0, 0.1) is 5.92 Å². The predicted molar refractivity (Wildman–Crippen MR) is 61.7 cm³/mol. The molecule has 0 spiro atoms. The fraction of sp³-hybridized carbons (Fsp3) is 0.538. The first-order chi connectivity index (χ1) is 7.18. The summed E-state index contributed by atoms with van der Waals surface area (Å²) in [7, 11) is 0. The van der Waals surface area contributed by atoms with E-state index in [1.165, 1.54) is 11.1 Å². The minimum absolute atomic E-state index is 0.128. The third-order valence-electron chi connectivity index (χ3n) is 2.95. The summed E-state index contributed by atoms with van der Waals surface area (Å²) in [5.41, 5.74) is 2.55. The SMILES string of the molecule is CC(C)CNC1c2ccccc2CC1O. The van der Waals surface area contributed by atoms with Gasteiger partial charge in [0.1, 0.15) is 0 Å². The van der Waals surface area contributed by atoms with E-state index < -0.39 is 0 Å². The van der Waals surface area contributed by atoms with Gasteiger partial charge in [0.15, 0.2) is 0 Å². The monoisotopic (exact) mass is 205 g/mol. The fourth-order valence-corrected chi connectivity index (χ4v) is 2.18. The van der Waals surface area contributed by atoms with Gasteiger partial charge in [-0.15, -0.1) is 0 Å². The number of hydrogen-bond donors (Lipinski definition) is 2. The Bertz CT molecular complexity index is 335. The Kier molecular flexibility index (Phi) is 3.08. The van der Waals surface area contributed by atoms with Crippen LogP contribution >= 0.6 is 0 Å². The van der Waals surface area contributed by atoms with E-state index in [-0.39, 0.29) is 12.1 Å². The van der Waals surface area contributed by atoms with E-state index in [4.69, 9.17) is 0 Å². The molecule has 0 amide bonds. The minimum Gasteiger partial charge on any atom is -0.391 e. The molecule has 15 heavy (non-hydrogen) atoms. The second-order valence-electron chi connectivity index (χ2n) is 4.75. The molecule has 2 rings (SSSR count). The average Bonchev–Trinajstić information content (AvgIpc) is 2.50. The summed E-state index contributed by atoms with van der Waals surface area (Å²) in [4.78, 5) is 0. The van der Waals surface area contributed by atoms with Crippen molar-refractivity contribution in [3.63, 3.8) is 0 Å². The molecule has 1 aliphatic rings. The molecule has 0 aromatic heterocycles. The maximum absolute atomic E-state index is 9.96. The molecule has 0 radical (unpaired) electrons. The third kappa shape index (κ3) is 2.21. The van der Waals surface area contributed by atoms with Crippen LogP contribution in [0.4, 0.5) is 0 Å². The van der Waals surface area contributed by atoms with E-state index in [0.29, 0.717) is 5.92 Å². The average molecular weight is 205 g/mol. The van der Waals surface area contributed by atoms with Crippen LogP contribution in [0.5, 0.6) is 0 Å². The van der Waals surface area contributed by atoms with Crippen molar-refractivity contribution in [2.45, 2.75) is 32.4 Å². The number of aliphatic hydroxyl groups excluding tert-OH is 1. The number of benzene rings is 1. The Morgan fingerprint density at radius 3 is 2.87 bits per heavy atom. The molecule has 0 saturated heterocycles. The summed E-state index contributed by atoms with van der Waals surface area (Å²) >= 11 is 0. The molecule has 0 aliphatic heterocycles. The molecule has 1 aromatic rings. The van der Waals surface area contributed by atoms with Crippen molar-refractivity contribution >= 4 is 0 Å². The van der Waals surface area contributed by atoms with Crippen LogP contribution < -0.4 is 5.32 Å². The van der Waals surface area contributed by atoms with Gasteiger partial charge in [-0.1, -0.05) is 38.1 Å². The van der Waals surface area contributed by atoms with E-state index in [2.05, 4.69) is 31.3 Å². The van der Waals surface area contributed by atoms with Crippen molar-refractivity contribution in [1.82, 2.24) is 5.32 Å². The molecule has 2 nitrogen and oxygen atoms in total. The molecule has 0 fully saturated rings. The van der Waals surface area contributed by atoms with Gasteiger partial charge in [-0.2, -0.15) is 0 Å². The number of nitrogens with one attached hydrogen (secondary N) is 1. The van der Waals surface area contributed by atoms with E-state index in [9.17, 15) is 5.11 Å². The lowest BCUT2D eigenvalue weighted by Crippen LogP contribution is -2.31. The number of hydrogen-bond acceptors (Lipinski definition) is 2. The molecule has 2 N–H and O–H groups in total. The Balaban J connectivity index is 2.11. The molecule has 2 unspecified atom stereocenters. The van der Waals surface area contributed by atoms with E-state index in [0.717, 1.165) is 13.0 Å². The standard InChI is InChI=1S/C13H19NO/c1-9(2)8-14-13-11-6-4-3-5-10(11)7-12(13)15/h3-6,9,12-15H,7-8H2,1-2H3. The summed E-state index contributed by atoms with van der Waals surface area (Å²) < 4.78 is 0. The topological polar surface area (TPSA) is 32.3 Å². The van der Waals surface area contributed by atoms with Crippen LogP contribution in [0.1, 0.15) is 31.0 Å². The molecule has 1 aromatic carbocycles. The van der Waals surface area contributed by atoms with Crippen LogP contribution in [-0.4, -0.2) is 17.8 Å². The maximum Gasteiger partial charge on any atom is 0.0775 e. The van der Waals surface area contributed by atoms with Crippen molar-refractivity contribution < 1.29 is 5.11 Å². The van der Waals surface area contributed by atoms with Gasteiger partial charge in [0.25, 0.3) is 0 Å². The summed E-state index contributed by atoms with van der Waals surface area (Å²) in [6.07, 6.45) is 0.521. The van der Waals surface area contributed by atoms with Crippen molar-refractivity contribution in [3.8, 4) is 0 Å². The third-order valence-corrected chi connectivity index (χ3v) is 2.95. The Hall–Kier alpha value is -0.860. The Morgan fingerprint density at radius 1 is 1.40 bits per heavy atom. The zero-order chi connectivity index (χ0) is 10.8. The number of fused-ring (bicyclic) bond motifs is 1. The number of rotatable bonds is 3. The van der Waals surface area contributed by atoms with E-state index in [1.54, 1.807) is 0 Å². The van der Waals surface area contributed by atoms with Crippen molar-refractivity contribution in [3.05, 3.63) is 35.4 Å². The van der Waals surface area contributed by atoms with Gasteiger partial charge >= 0.3 is 0 Å². The van der Waals surface area contributed by atoms with Gasteiger partial charge in [0.2, 0.25) is 0 Å². The van der Waals surface area contributed by atoms with Crippen LogP contribution in [0.3, 0.4) is 0 Å². The largest absolute Gasteiger partial charge is 0.391 e. The summed E-state index contributed by atoms with van der Waals surface area (Å²) in [6.45, 7) is 5.32. The van der Waals surface area contributed by atoms with Crippen molar-refractivity contribution in [2.75, 3.05) is 6.54 Å². The van der Waals surface area contributed by atoms with Crippen molar-refractivity contribution in [2.24, 2.45) is 5.92 Å². The molecular weight excluding hydrogens is 186 g/mol. The highest BCUT2D eigenvalue weighted by atomic mass is 16.3. The lowest BCUT2D eigenvalue weighted by molar-refractivity contribution is 0.139. The molecule has 0 saturated carbocycles. The summed E-state index contributed by atoms with van der Waals surface area (Å²) in [6, 6.07) is 8.43. The second-order valence-corrected chi connectivity index (χ2v) is 4.75. The highest BCUT2D eigenvalue weighted by Gasteiger charge is 2.29. The predicted octanol–water partition coefficient (Wildman–Crippen LogP) is 1.89. The quantitative estimate of drug-likeness (QED) is 0.790. The highest BCUT2D eigenvalue weighted by molar-refractivity contribution is 5.36. The summed E-state index contributed by atoms with van der Waals surface area (Å²) in [5.74, 6) is 0.616. The molecule has 2 heteroatoms. The molecule has 1 aliphatic carbocycles. The molecule has 2 atom stereocenters. The lowest BCUT2D eigenvalue weighted by atomic mass is 10.1. The maximum atomic E-state index is 9.96. The smallest absolute Gasteiger partial charge is 0.0775 e. The molecular formula is C13H19NO. The normalized spacial score (nSPS) is 24.5. The lowest BCUT2D eigenvalue weighted by Gasteiger charge is -2.19. The molecule has 82 valence electrons. The van der Waals surface area contributed by atoms with Crippen LogP contribution in [-0.2, 0) is 6.42 Å². The van der Waals surface area contributed by atoms with Crippen LogP contribution in [0.25, 0.3) is 0 Å². The van der Waals surface area contributed by atoms with Crippen molar-refractivity contribution in [1.29, 1.82) is 0 Å². The highest BCUT2D eigenvalue weighted by Crippen LogP contribution is 2.31. The van der Waals surface area contributed by atoms with Gasteiger partial charge < -0.3 is 10.4 Å². The molecule has 0 heterocycles. The first-order valence-electron chi connectivity index (χ1n) is 5.67. The summed E-state index contributed by atoms with van der Waals surface area (Å²) in [5, 5.41) is 13.4. The first-order valence-corrected chi connectivity index (χ1v) is 5.67. The fourth-order valence-electron chi connectivity index (χ4n) is 2.18. The minimum atomic E-state index is -0.263. The van der Waals surface area contributed by atoms with E-state index >= 15 is 0 Å². The zero-order valence-corrected chi connectivity index (χ0v) is 9.40. The van der Waals surface area contributed by atoms with Gasteiger partial charge in [-0.25, -0.2) is 0 Å². The Labute approximate surface area is 91.3 Å². The first kappa shape index (κ1) is 10.7. The van der Waals surface area contributed by atoms with Gasteiger partial charge in [0, 0.05) is 6.42 Å². The number of aliphatic hydroxyl groups is 1. The van der Waals surface area contributed by atoms with Crippen LogP contribution in [0.15, 0.2) is 24.3 Å². The van der Waals surface area contributed by atoms with Crippen LogP contribution in [0.2, 0.25) is 0 Å². The van der Waals surface area contributed by atoms with Gasteiger partial charge in [-0.3, -0.25) is 0 Å². The van der Waals surface area contributed by atoms with Gasteiger partial charge in [-0.05, 0) is 23.6 Å².